The van der Waals surface area contributed by atoms with Crippen molar-refractivity contribution < 1.29 is 0 Å². The summed E-state index contributed by atoms with van der Waals surface area (Å²) in [4.78, 5) is 26.4. The Labute approximate surface area is 171 Å². The number of hydrogen-bond donors (Lipinski definition) is 0. The van der Waals surface area contributed by atoms with Crippen LogP contribution in [0.2, 0.25) is 0 Å². The van der Waals surface area contributed by atoms with E-state index in [9.17, 15) is 9.59 Å². The Kier molecular flexibility index (Phi) is 4.28. The Bertz CT molecular complexity index is 1480. The molecule has 3 heterocycles. The van der Waals surface area contributed by atoms with E-state index in [0.29, 0.717) is 34.9 Å². The summed E-state index contributed by atoms with van der Waals surface area (Å²) < 4.78 is 4.58. The Morgan fingerprint density at radius 1 is 0.733 bits per heavy atom. The van der Waals surface area contributed by atoms with Crippen LogP contribution in [0.3, 0.4) is 0 Å². The zero-order chi connectivity index (χ0) is 20.7. The van der Waals surface area contributed by atoms with Gasteiger partial charge in [-0.25, -0.2) is 9.36 Å². The average Bonchev–Trinajstić information content (AvgIpc) is 3.07. The molecule has 0 unspecified atom stereocenters. The lowest BCUT2D eigenvalue weighted by Crippen LogP contribution is -2.24. The molecule has 0 N–H and O–H groups in total. The van der Waals surface area contributed by atoms with Crippen molar-refractivity contribution in [2.75, 3.05) is 0 Å². The minimum atomic E-state index is -0.232. The fraction of sp³-hybridized carbons (Fsp3) is 0.130. The van der Waals surface area contributed by atoms with E-state index in [4.69, 9.17) is 0 Å². The SMILES string of the molecule is Cn1c2cnn(Cc3ccccc3)c(=O)c2c2cnn(Cc3ccccc3)c(=O)c21. The van der Waals surface area contributed by atoms with Gasteiger partial charge in [-0.15, -0.1) is 0 Å². The molecule has 0 fully saturated rings. The number of hydrogen-bond acceptors (Lipinski definition) is 4. The van der Waals surface area contributed by atoms with Gasteiger partial charge < -0.3 is 4.57 Å². The van der Waals surface area contributed by atoms with Gasteiger partial charge in [0.05, 0.1) is 36.4 Å². The number of benzene rings is 2. The second kappa shape index (κ2) is 7.11. The first-order valence-corrected chi connectivity index (χ1v) is 9.65. The average molecular weight is 397 g/mol. The van der Waals surface area contributed by atoms with Crippen LogP contribution >= 0.6 is 0 Å². The second-order valence-electron chi connectivity index (χ2n) is 7.27. The highest BCUT2D eigenvalue weighted by atomic mass is 16.1. The molecule has 0 saturated heterocycles. The summed E-state index contributed by atoms with van der Waals surface area (Å²) in [6.45, 7) is 0.734. The molecule has 0 radical (unpaired) electrons. The van der Waals surface area contributed by atoms with Crippen LogP contribution in [0.1, 0.15) is 11.1 Å². The van der Waals surface area contributed by atoms with Crippen molar-refractivity contribution in [3.8, 4) is 0 Å². The third-order valence-electron chi connectivity index (χ3n) is 5.36. The van der Waals surface area contributed by atoms with E-state index in [1.807, 2.05) is 60.7 Å². The monoisotopic (exact) mass is 397 g/mol. The maximum absolute atomic E-state index is 13.2. The van der Waals surface area contributed by atoms with E-state index in [0.717, 1.165) is 11.1 Å². The second-order valence-corrected chi connectivity index (χ2v) is 7.27. The summed E-state index contributed by atoms with van der Waals surface area (Å²) in [7, 11) is 1.78. The van der Waals surface area contributed by atoms with Crippen molar-refractivity contribution >= 4 is 21.8 Å². The van der Waals surface area contributed by atoms with Crippen molar-refractivity contribution in [3.63, 3.8) is 0 Å². The molecule has 3 aromatic heterocycles. The molecule has 0 bridgehead atoms. The van der Waals surface area contributed by atoms with Gasteiger partial charge in [0.1, 0.15) is 5.52 Å². The molecule has 7 heteroatoms. The number of aromatic nitrogens is 5. The predicted molar refractivity (Wildman–Crippen MR) is 116 cm³/mol. The van der Waals surface area contributed by atoms with Gasteiger partial charge >= 0.3 is 0 Å². The van der Waals surface area contributed by atoms with Gasteiger partial charge in [-0.3, -0.25) is 9.59 Å². The number of rotatable bonds is 4. The Morgan fingerprint density at radius 3 is 1.87 bits per heavy atom. The van der Waals surface area contributed by atoms with Gasteiger partial charge in [0.25, 0.3) is 11.1 Å². The van der Waals surface area contributed by atoms with Gasteiger partial charge in [-0.05, 0) is 11.1 Å². The van der Waals surface area contributed by atoms with Crippen molar-refractivity contribution in [1.29, 1.82) is 0 Å². The van der Waals surface area contributed by atoms with Gasteiger partial charge in [-0.1, -0.05) is 60.7 Å². The van der Waals surface area contributed by atoms with Crippen LogP contribution in [0.15, 0.2) is 82.6 Å². The van der Waals surface area contributed by atoms with Crippen molar-refractivity contribution in [3.05, 3.63) is 105 Å². The zero-order valence-corrected chi connectivity index (χ0v) is 16.4. The van der Waals surface area contributed by atoms with E-state index in [1.165, 1.54) is 9.36 Å². The largest absolute Gasteiger partial charge is 0.338 e. The quantitative estimate of drug-likeness (QED) is 0.467. The molecule has 0 saturated carbocycles. The number of fused-ring (bicyclic) bond motifs is 3. The van der Waals surface area contributed by atoms with Crippen molar-refractivity contribution in [2.24, 2.45) is 7.05 Å². The molecule has 5 rings (SSSR count). The minimum Gasteiger partial charge on any atom is -0.338 e. The lowest BCUT2D eigenvalue weighted by Gasteiger charge is -2.05. The minimum absolute atomic E-state index is 0.232. The molecule has 0 aliphatic carbocycles. The first-order valence-electron chi connectivity index (χ1n) is 9.65. The van der Waals surface area contributed by atoms with E-state index < -0.39 is 0 Å². The molecular formula is C23H19N5O2. The summed E-state index contributed by atoms with van der Waals surface area (Å²) in [6.07, 6.45) is 3.25. The van der Waals surface area contributed by atoms with Gasteiger partial charge in [0.15, 0.2) is 0 Å². The highest BCUT2D eigenvalue weighted by Crippen LogP contribution is 2.21. The van der Waals surface area contributed by atoms with Gasteiger partial charge in [0, 0.05) is 12.4 Å². The summed E-state index contributed by atoms with van der Waals surface area (Å²) in [6, 6.07) is 19.4. The molecular weight excluding hydrogens is 378 g/mol. The van der Waals surface area contributed by atoms with E-state index >= 15 is 0 Å². The van der Waals surface area contributed by atoms with Crippen LogP contribution in [0.25, 0.3) is 21.8 Å². The summed E-state index contributed by atoms with van der Waals surface area (Å²) in [5, 5.41) is 9.69. The van der Waals surface area contributed by atoms with Crippen LogP contribution < -0.4 is 11.1 Å². The first kappa shape index (κ1) is 18.1. The fourth-order valence-electron chi connectivity index (χ4n) is 3.83. The van der Waals surface area contributed by atoms with Crippen LogP contribution in [0.4, 0.5) is 0 Å². The third kappa shape index (κ3) is 2.91. The molecule has 7 nitrogen and oxygen atoms in total. The van der Waals surface area contributed by atoms with Crippen LogP contribution in [0, 0.1) is 0 Å². The summed E-state index contributed by atoms with van der Waals surface area (Å²) in [5.41, 5.74) is 2.57. The molecule has 5 aromatic rings. The molecule has 148 valence electrons. The van der Waals surface area contributed by atoms with E-state index in [1.54, 1.807) is 24.0 Å². The number of aryl methyl sites for hydroxylation is 1. The summed E-state index contributed by atoms with van der Waals surface area (Å²) >= 11 is 0. The summed E-state index contributed by atoms with van der Waals surface area (Å²) in [5.74, 6) is 0. The maximum Gasteiger partial charge on any atom is 0.291 e. The Morgan fingerprint density at radius 2 is 1.27 bits per heavy atom. The van der Waals surface area contributed by atoms with Crippen LogP contribution in [-0.4, -0.2) is 24.1 Å². The van der Waals surface area contributed by atoms with Crippen molar-refractivity contribution in [2.45, 2.75) is 13.1 Å². The molecule has 0 aliphatic heterocycles. The maximum atomic E-state index is 13.2. The lowest BCUT2D eigenvalue weighted by atomic mass is 10.2. The van der Waals surface area contributed by atoms with Gasteiger partial charge in [-0.2, -0.15) is 10.2 Å². The van der Waals surface area contributed by atoms with Crippen LogP contribution in [0.5, 0.6) is 0 Å². The molecule has 0 amide bonds. The first-order chi connectivity index (χ1) is 14.6. The molecule has 30 heavy (non-hydrogen) atoms. The topological polar surface area (TPSA) is 74.7 Å². The normalized spacial score (nSPS) is 11.4. The molecule has 0 aliphatic rings. The predicted octanol–water partition coefficient (Wildman–Crippen LogP) is 2.54. The Hall–Kier alpha value is -4.00. The van der Waals surface area contributed by atoms with E-state index in [-0.39, 0.29) is 11.1 Å². The van der Waals surface area contributed by atoms with Crippen molar-refractivity contribution in [1.82, 2.24) is 24.1 Å². The highest BCUT2D eigenvalue weighted by molar-refractivity contribution is 6.06. The van der Waals surface area contributed by atoms with Gasteiger partial charge in [0.2, 0.25) is 0 Å². The molecule has 0 atom stereocenters. The smallest absolute Gasteiger partial charge is 0.291 e. The number of nitrogens with zero attached hydrogens (tertiary/aromatic N) is 5. The lowest BCUT2D eigenvalue weighted by molar-refractivity contribution is 0.644. The van der Waals surface area contributed by atoms with E-state index in [2.05, 4.69) is 10.2 Å². The fourth-order valence-corrected chi connectivity index (χ4v) is 3.83. The Balaban J connectivity index is 1.67. The highest BCUT2D eigenvalue weighted by Gasteiger charge is 2.18. The molecule has 2 aromatic carbocycles. The third-order valence-corrected chi connectivity index (χ3v) is 5.36. The zero-order valence-electron chi connectivity index (χ0n) is 16.4. The molecule has 0 spiro atoms. The van der Waals surface area contributed by atoms with Crippen LogP contribution in [-0.2, 0) is 20.1 Å². The standard InChI is InChI=1S/C23H19N5O2/c1-26-19-13-25-27(14-16-8-4-2-5-9-16)22(29)20(19)18-12-24-28(23(30)21(18)26)15-17-10-6-3-7-11-17/h2-13H,14-15H2,1H3.